The van der Waals surface area contributed by atoms with Gasteiger partial charge in [-0.3, -0.25) is 9.59 Å². The van der Waals surface area contributed by atoms with Crippen molar-refractivity contribution in [1.29, 1.82) is 0 Å². The van der Waals surface area contributed by atoms with Gasteiger partial charge < -0.3 is 19.6 Å². The topological polar surface area (TPSA) is 60.0 Å². The van der Waals surface area contributed by atoms with Crippen LogP contribution in [0.15, 0.2) is 18.3 Å². The SMILES string of the molecule is CCN1CCN(c2ccc(C(=O)N3CCN(C=O)CC3)nc2)CC1. The lowest BCUT2D eigenvalue weighted by Gasteiger charge is -2.35. The molecule has 0 spiro atoms. The average molecular weight is 331 g/mol. The Labute approximate surface area is 142 Å². The lowest BCUT2D eigenvalue weighted by molar-refractivity contribution is -0.119. The predicted molar refractivity (Wildman–Crippen MR) is 92.1 cm³/mol. The molecule has 2 amide bonds. The molecule has 2 aliphatic heterocycles. The Bertz CT molecular complexity index is 561. The lowest BCUT2D eigenvalue weighted by Crippen LogP contribution is -2.48. The highest BCUT2D eigenvalue weighted by atomic mass is 16.2. The van der Waals surface area contributed by atoms with Gasteiger partial charge in [-0.25, -0.2) is 4.98 Å². The summed E-state index contributed by atoms with van der Waals surface area (Å²) in [4.78, 5) is 35.8. The molecule has 0 aromatic carbocycles. The number of hydrogen-bond acceptors (Lipinski definition) is 5. The van der Waals surface area contributed by atoms with E-state index in [1.807, 2.05) is 12.1 Å². The number of carbonyl (C=O) groups is 2. The van der Waals surface area contributed by atoms with E-state index in [9.17, 15) is 9.59 Å². The Hall–Kier alpha value is -2.15. The normalized spacial score (nSPS) is 19.5. The summed E-state index contributed by atoms with van der Waals surface area (Å²) in [6, 6.07) is 3.81. The van der Waals surface area contributed by atoms with Gasteiger partial charge >= 0.3 is 0 Å². The summed E-state index contributed by atoms with van der Waals surface area (Å²) in [5, 5.41) is 0. The Morgan fingerprint density at radius 3 is 2.33 bits per heavy atom. The number of pyridine rings is 1. The monoisotopic (exact) mass is 331 g/mol. The van der Waals surface area contributed by atoms with E-state index >= 15 is 0 Å². The van der Waals surface area contributed by atoms with Crippen molar-refractivity contribution in [2.45, 2.75) is 6.92 Å². The maximum absolute atomic E-state index is 12.5. The quantitative estimate of drug-likeness (QED) is 0.735. The van der Waals surface area contributed by atoms with Gasteiger partial charge in [-0.1, -0.05) is 6.92 Å². The zero-order valence-electron chi connectivity index (χ0n) is 14.2. The van der Waals surface area contributed by atoms with Crippen LogP contribution in [0.25, 0.3) is 0 Å². The van der Waals surface area contributed by atoms with E-state index in [2.05, 4.69) is 21.7 Å². The van der Waals surface area contributed by atoms with Crippen LogP contribution < -0.4 is 4.90 Å². The van der Waals surface area contributed by atoms with Crippen molar-refractivity contribution >= 4 is 18.0 Å². The molecule has 2 saturated heterocycles. The van der Waals surface area contributed by atoms with Gasteiger partial charge in [0.05, 0.1) is 11.9 Å². The molecule has 7 nitrogen and oxygen atoms in total. The fraction of sp³-hybridized carbons (Fsp3) is 0.588. The molecule has 0 atom stereocenters. The van der Waals surface area contributed by atoms with Crippen LogP contribution in [0.5, 0.6) is 0 Å². The first-order valence-corrected chi connectivity index (χ1v) is 8.63. The number of piperazine rings is 2. The van der Waals surface area contributed by atoms with Crippen LogP contribution >= 0.6 is 0 Å². The smallest absolute Gasteiger partial charge is 0.272 e. The predicted octanol–water partition coefficient (Wildman–Crippen LogP) is 0.138. The van der Waals surface area contributed by atoms with Gasteiger partial charge in [-0.15, -0.1) is 0 Å². The first-order valence-electron chi connectivity index (χ1n) is 8.63. The van der Waals surface area contributed by atoms with E-state index < -0.39 is 0 Å². The van der Waals surface area contributed by atoms with Crippen LogP contribution in [0, 0.1) is 0 Å². The standard InChI is InChI=1S/C17H25N5O2/c1-2-19-5-9-21(10-6-19)15-3-4-16(18-13-15)17(24)22-11-7-20(14-23)8-12-22/h3-4,13-14H,2,5-12H2,1H3. The second-order valence-corrected chi connectivity index (χ2v) is 6.26. The Kier molecular flexibility index (Phi) is 5.30. The van der Waals surface area contributed by atoms with Crippen LogP contribution in [-0.2, 0) is 4.79 Å². The van der Waals surface area contributed by atoms with Crippen molar-refractivity contribution in [3.8, 4) is 0 Å². The highest BCUT2D eigenvalue weighted by molar-refractivity contribution is 5.92. The van der Waals surface area contributed by atoms with Crippen molar-refractivity contribution in [2.24, 2.45) is 0 Å². The molecule has 0 radical (unpaired) electrons. The fourth-order valence-corrected chi connectivity index (χ4v) is 3.21. The molecule has 2 aliphatic rings. The van der Waals surface area contributed by atoms with Crippen LogP contribution in [0.1, 0.15) is 17.4 Å². The largest absolute Gasteiger partial charge is 0.368 e. The summed E-state index contributed by atoms with van der Waals surface area (Å²) in [7, 11) is 0. The van der Waals surface area contributed by atoms with E-state index in [-0.39, 0.29) is 5.91 Å². The summed E-state index contributed by atoms with van der Waals surface area (Å²) in [6.07, 6.45) is 2.64. The minimum absolute atomic E-state index is 0.0529. The zero-order chi connectivity index (χ0) is 16.9. The minimum atomic E-state index is -0.0529. The van der Waals surface area contributed by atoms with Crippen LogP contribution in [0.3, 0.4) is 0 Å². The number of rotatable bonds is 4. The van der Waals surface area contributed by atoms with Crippen molar-refractivity contribution in [2.75, 3.05) is 63.8 Å². The second-order valence-electron chi connectivity index (χ2n) is 6.26. The third-order valence-electron chi connectivity index (χ3n) is 4.90. The van der Waals surface area contributed by atoms with Crippen LogP contribution in [-0.4, -0.2) is 90.9 Å². The molecule has 0 aliphatic carbocycles. The van der Waals surface area contributed by atoms with Gasteiger partial charge in [0.2, 0.25) is 6.41 Å². The molecule has 0 unspecified atom stereocenters. The number of hydrogen-bond donors (Lipinski definition) is 0. The van der Waals surface area contributed by atoms with Gasteiger partial charge in [-0.2, -0.15) is 0 Å². The van der Waals surface area contributed by atoms with Crippen LogP contribution in [0.4, 0.5) is 5.69 Å². The van der Waals surface area contributed by atoms with Gasteiger partial charge in [0.15, 0.2) is 0 Å². The highest BCUT2D eigenvalue weighted by Gasteiger charge is 2.22. The molecule has 0 N–H and O–H groups in total. The van der Waals surface area contributed by atoms with Gasteiger partial charge in [-0.05, 0) is 18.7 Å². The third kappa shape index (κ3) is 3.67. The third-order valence-corrected chi connectivity index (χ3v) is 4.90. The van der Waals surface area contributed by atoms with Crippen molar-refractivity contribution < 1.29 is 9.59 Å². The van der Waals surface area contributed by atoms with Gasteiger partial charge in [0.25, 0.3) is 5.91 Å². The lowest BCUT2D eigenvalue weighted by atomic mass is 10.2. The Balaban J connectivity index is 1.58. The molecule has 7 heteroatoms. The Morgan fingerprint density at radius 2 is 1.79 bits per heavy atom. The molecule has 130 valence electrons. The summed E-state index contributed by atoms with van der Waals surface area (Å²) in [5.74, 6) is -0.0529. The molecular weight excluding hydrogens is 306 g/mol. The molecule has 3 heterocycles. The van der Waals surface area contributed by atoms with E-state index in [1.165, 1.54) is 0 Å². The summed E-state index contributed by atoms with van der Waals surface area (Å²) < 4.78 is 0. The molecule has 0 saturated carbocycles. The number of carbonyl (C=O) groups excluding carboxylic acids is 2. The van der Waals surface area contributed by atoms with Crippen molar-refractivity contribution in [3.63, 3.8) is 0 Å². The van der Waals surface area contributed by atoms with Crippen LogP contribution in [0.2, 0.25) is 0 Å². The molecule has 1 aromatic heterocycles. The van der Waals surface area contributed by atoms with E-state index in [4.69, 9.17) is 0 Å². The average Bonchev–Trinajstić information content (AvgIpc) is 2.68. The molecule has 3 rings (SSSR count). The summed E-state index contributed by atoms with van der Waals surface area (Å²) >= 11 is 0. The second kappa shape index (κ2) is 7.61. The highest BCUT2D eigenvalue weighted by Crippen LogP contribution is 2.16. The van der Waals surface area contributed by atoms with Gasteiger partial charge in [0.1, 0.15) is 5.69 Å². The van der Waals surface area contributed by atoms with Gasteiger partial charge in [0, 0.05) is 52.4 Å². The van der Waals surface area contributed by atoms with E-state index in [0.29, 0.717) is 31.9 Å². The summed E-state index contributed by atoms with van der Waals surface area (Å²) in [6.45, 7) is 9.73. The minimum Gasteiger partial charge on any atom is -0.368 e. The van der Waals surface area contributed by atoms with E-state index in [0.717, 1.165) is 44.8 Å². The molecule has 1 aromatic rings. The molecule has 0 bridgehead atoms. The number of likely N-dealkylation sites (N-methyl/N-ethyl adjacent to an activating group) is 1. The first kappa shape index (κ1) is 16.7. The van der Waals surface area contributed by atoms with E-state index in [1.54, 1.807) is 16.0 Å². The maximum Gasteiger partial charge on any atom is 0.272 e. The number of anilines is 1. The zero-order valence-corrected chi connectivity index (χ0v) is 14.2. The summed E-state index contributed by atoms with van der Waals surface area (Å²) in [5.41, 5.74) is 1.55. The van der Waals surface area contributed by atoms with Crippen molar-refractivity contribution in [3.05, 3.63) is 24.0 Å². The Morgan fingerprint density at radius 1 is 1.08 bits per heavy atom. The molecule has 2 fully saturated rings. The first-order chi connectivity index (χ1) is 11.7. The molecular formula is C17H25N5O2. The number of amides is 2. The molecule has 24 heavy (non-hydrogen) atoms. The number of aromatic nitrogens is 1. The number of nitrogens with zero attached hydrogens (tertiary/aromatic N) is 5. The fourth-order valence-electron chi connectivity index (χ4n) is 3.21. The maximum atomic E-state index is 12.5. The van der Waals surface area contributed by atoms with Crippen molar-refractivity contribution in [1.82, 2.24) is 19.7 Å².